The predicted octanol–water partition coefficient (Wildman–Crippen LogP) is 4.82. The molecule has 13 heteroatoms. The van der Waals surface area contributed by atoms with E-state index in [0.29, 0.717) is 43.7 Å². The van der Waals surface area contributed by atoms with E-state index in [1.54, 1.807) is 30.3 Å². The van der Waals surface area contributed by atoms with E-state index in [2.05, 4.69) is 15.5 Å². The lowest BCUT2D eigenvalue weighted by atomic mass is 9.58. The van der Waals surface area contributed by atoms with Crippen LogP contribution >= 0.6 is 0 Å². The van der Waals surface area contributed by atoms with Gasteiger partial charge in [-0.1, -0.05) is 18.6 Å². The number of nitrogens with zero attached hydrogens (tertiary/aromatic N) is 2. The zero-order chi connectivity index (χ0) is 34.1. The number of nitrogens with one attached hydrogen (secondary N) is 2. The lowest BCUT2D eigenvalue weighted by Gasteiger charge is -2.52. The average Bonchev–Trinajstić information content (AvgIpc) is 3.85. The number of alkyl carbamates (subject to hydrolysis) is 2. The van der Waals surface area contributed by atoms with Gasteiger partial charge < -0.3 is 25.0 Å². The maximum Gasteiger partial charge on any atom is 0.407 e. The first-order valence-electron chi connectivity index (χ1n) is 16.9. The SMILES string of the molecule is COC(=O)NC[C@@](c1cccc(F)c1)(C1CCN(CC2(F)CN(c3ccc(S(=O)(=O)C4CC4)cc3)C2)CC1)[C@H]1CCC[C@@H]1NC(=O)OC. The van der Waals surface area contributed by atoms with Gasteiger partial charge in [0.25, 0.3) is 0 Å². The highest BCUT2D eigenvalue weighted by Crippen LogP contribution is 2.50. The van der Waals surface area contributed by atoms with Crippen molar-refractivity contribution in [2.24, 2.45) is 11.8 Å². The summed E-state index contributed by atoms with van der Waals surface area (Å²) >= 11 is 0. The first-order chi connectivity index (χ1) is 23.0. The lowest BCUT2D eigenvalue weighted by molar-refractivity contribution is 0.0255. The first kappa shape index (κ1) is 34.4. The summed E-state index contributed by atoms with van der Waals surface area (Å²) in [6, 6.07) is 13.1. The molecule has 2 aliphatic carbocycles. The summed E-state index contributed by atoms with van der Waals surface area (Å²) in [4.78, 5) is 29.2. The van der Waals surface area contributed by atoms with Crippen LogP contribution in [0.15, 0.2) is 53.4 Å². The normalized spacial score (nSPS) is 24.3. The van der Waals surface area contributed by atoms with Crippen LogP contribution in [0.1, 0.15) is 50.5 Å². The number of hydrogen-bond donors (Lipinski definition) is 2. The van der Waals surface area contributed by atoms with E-state index in [4.69, 9.17) is 9.47 Å². The Morgan fingerprint density at radius 3 is 2.27 bits per heavy atom. The van der Waals surface area contributed by atoms with Crippen LogP contribution in [0.3, 0.4) is 0 Å². The van der Waals surface area contributed by atoms with E-state index < -0.39 is 33.1 Å². The second kappa shape index (κ2) is 13.8. The van der Waals surface area contributed by atoms with Gasteiger partial charge in [-0.25, -0.2) is 26.8 Å². The van der Waals surface area contributed by atoms with Crippen LogP contribution in [0.25, 0.3) is 0 Å². The Labute approximate surface area is 281 Å². The number of piperidine rings is 1. The second-order valence-corrected chi connectivity index (χ2v) is 16.2. The van der Waals surface area contributed by atoms with Crippen LogP contribution in [0, 0.1) is 17.7 Å². The molecule has 2 aliphatic heterocycles. The third kappa shape index (κ3) is 6.99. The second-order valence-electron chi connectivity index (χ2n) is 14.0. The molecule has 0 unspecified atom stereocenters. The van der Waals surface area contributed by atoms with E-state index in [1.807, 2.05) is 11.0 Å². The van der Waals surface area contributed by atoms with Crippen molar-refractivity contribution in [3.05, 3.63) is 59.9 Å². The number of likely N-dealkylation sites (tertiary alicyclic amines) is 1. The van der Waals surface area contributed by atoms with Crippen molar-refractivity contribution in [2.45, 2.75) is 72.2 Å². The number of benzene rings is 2. The summed E-state index contributed by atoms with van der Waals surface area (Å²) in [7, 11) is -0.640. The van der Waals surface area contributed by atoms with Crippen molar-refractivity contribution in [1.82, 2.24) is 15.5 Å². The standard InChI is InChI=1S/C35H46F2N4O6S/c1-46-32(42)38-20-35(25-5-3-6-26(36)19-25,30-7-4-8-31(30)39-33(43)47-2)24-15-17-40(18-16-24)21-34(37)22-41(23-34)27-9-11-28(12-10-27)48(44,45)29-13-14-29/h3,5-6,9-12,19,24,29-31H,4,7-8,13-18,20-23H2,1-2H3,(H,38,42)(H,39,43)/t30-,31-,35-/m0/s1. The number of carbonyl (C=O) groups is 2. The maximum absolute atomic E-state index is 16.0. The molecule has 2 saturated carbocycles. The van der Waals surface area contributed by atoms with Crippen LogP contribution in [-0.4, -0.2) is 96.0 Å². The first-order valence-corrected chi connectivity index (χ1v) is 18.4. The highest BCUT2D eigenvalue weighted by molar-refractivity contribution is 7.92. The largest absolute Gasteiger partial charge is 0.453 e. The molecule has 2 saturated heterocycles. The van der Waals surface area contributed by atoms with E-state index in [1.165, 1.54) is 26.4 Å². The molecule has 6 rings (SSSR count). The van der Waals surface area contributed by atoms with Crippen molar-refractivity contribution < 1.29 is 36.3 Å². The van der Waals surface area contributed by atoms with Crippen molar-refractivity contribution >= 4 is 27.7 Å². The fourth-order valence-corrected chi connectivity index (χ4v) is 10.2. The summed E-state index contributed by atoms with van der Waals surface area (Å²) in [5.41, 5.74) is -0.571. The molecule has 4 aliphatic rings. The number of sulfone groups is 1. The molecule has 2 amide bonds. The number of methoxy groups -OCH3 is 2. The number of halogens is 2. The summed E-state index contributed by atoms with van der Waals surface area (Å²) in [6.07, 6.45) is 4.04. The van der Waals surface area contributed by atoms with Crippen LogP contribution < -0.4 is 15.5 Å². The zero-order valence-electron chi connectivity index (χ0n) is 27.6. The summed E-state index contributed by atoms with van der Waals surface area (Å²) < 4.78 is 65.8. The van der Waals surface area contributed by atoms with Crippen LogP contribution in [0.2, 0.25) is 0 Å². The zero-order valence-corrected chi connectivity index (χ0v) is 28.4. The quantitative estimate of drug-likeness (QED) is 0.345. The number of rotatable bonds is 11. The van der Waals surface area contributed by atoms with Crippen LogP contribution in [-0.2, 0) is 24.7 Å². The molecule has 2 aromatic carbocycles. The summed E-state index contributed by atoms with van der Waals surface area (Å²) in [6.45, 7) is 2.17. The molecule has 2 N–H and O–H groups in total. The highest BCUT2D eigenvalue weighted by Gasteiger charge is 2.53. The molecule has 4 fully saturated rings. The van der Waals surface area contributed by atoms with E-state index in [9.17, 15) is 22.4 Å². The van der Waals surface area contributed by atoms with Gasteiger partial charge in [-0.2, -0.15) is 0 Å². The molecule has 10 nitrogen and oxygen atoms in total. The van der Waals surface area contributed by atoms with E-state index in [0.717, 1.165) is 30.5 Å². The number of carbonyl (C=O) groups excluding carboxylic acids is 2. The average molecular weight is 689 g/mol. The third-order valence-corrected chi connectivity index (χ3v) is 13.3. The van der Waals surface area contributed by atoms with Crippen molar-refractivity contribution in [3.63, 3.8) is 0 Å². The molecule has 0 bridgehead atoms. The lowest BCUT2D eigenvalue weighted by Crippen LogP contribution is -2.65. The van der Waals surface area contributed by atoms with Gasteiger partial charge in [0.15, 0.2) is 15.5 Å². The van der Waals surface area contributed by atoms with Gasteiger partial charge in [-0.15, -0.1) is 0 Å². The molecule has 0 aromatic heterocycles. The Kier molecular flexibility index (Phi) is 9.90. The molecular formula is C35H46F2N4O6S. The van der Waals surface area contributed by atoms with Crippen LogP contribution in [0.4, 0.5) is 24.1 Å². The summed E-state index contributed by atoms with van der Waals surface area (Å²) in [5.74, 6) is -0.502. The highest BCUT2D eigenvalue weighted by atomic mass is 32.2. The van der Waals surface area contributed by atoms with Gasteiger partial charge in [0.1, 0.15) is 5.82 Å². The number of ether oxygens (including phenoxy) is 2. The smallest absolute Gasteiger partial charge is 0.407 e. The molecule has 0 spiro atoms. The van der Waals surface area contributed by atoms with Gasteiger partial charge in [-0.3, -0.25) is 4.90 Å². The monoisotopic (exact) mass is 688 g/mol. The van der Waals surface area contributed by atoms with Gasteiger partial charge in [0.2, 0.25) is 0 Å². The fraction of sp³-hybridized carbons (Fsp3) is 0.600. The minimum Gasteiger partial charge on any atom is -0.453 e. The minimum absolute atomic E-state index is 0.00311. The Morgan fingerprint density at radius 1 is 0.958 bits per heavy atom. The van der Waals surface area contributed by atoms with Crippen molar-refractivity contribution in [2.75, 3.05) is 58.4 Å². The van der Waals surface area contributed by atoms with Crippen molar-refractivity contribution in [3.8, 4) is 0 Å². The molecule has 262 valence electrons. The Morgan fingerprint density at radius 2 is 1.65 bits per heavy atom. The van der Waals surface area contributed by atoms with Gasteiger partial charge in [-0.05, 0) is 105 Å². The number of amides is 2. The Balaban J connectivity index is 1.16. The third-order valence-electron chi connectivity index (χ3n) is 11.0. The van der Waals surface area contributed by atoms with E-state index >= 15 is 4.39 Å². The van der Waals surface area contributed by atoms with Crippen molar-refractivity contribution in [1.29, 1.82) is 0 Å². The number of alkyl halides is 1. The Hall–Kier alpha value is -3.45. The van der Waals surface area contributed by atoms with Gasteiger partial charge in [0, 0.05) is 30.2 Å². The number of hydrogen-bond acceptors (Lipinski definition) is 8. The van der Waals surface area contributed by atoms with Gasteiger partial charge in [0.05, 0.1) is 37.5 Å². The molecule has 3 atom stereocenters. The molecule has 2 heterocycles. The molecule has 0 radical (unpaired) electrons. The molecule has 2 aromatic rings. The topological polar surface area (TPSA) is 117 Å². The maximum atomic E-state index is 16.0. The molecular weight excluding hydrogens is 642 g/mol. The Bertz CT molecular complexity index is 1580. The van der Waals surface area contributed by atoms with Gasteiger partial charge >= 0.3 is 12.2 Å². The summed E-state index contributed by atoms with van der Waals surface area (Å²) in [5, 5.41) is 5.66. The van der Waals surface area contributed by atoms with Crippen LogP contribution in [0.5, 0.6) is 0 Å². The number of anilines is 1. The predicted molar refractivity (Wildman–Crippen MR) is 177 cm³/mol. The minimum atomic E-state index is -3.27. The molecule has 48 heavy (non-hydrogen) atoms. The fourth-order valence-electron chi connectivity index (χ4n) is 8.50. The van der Waals surface area contributed by atoms with E-state index in [-0.39, 0.29) is 55.1 Å².